The zero-order chi connectivity index (χ0) is 81.8. The molecule has 0 radical (unpaired) electrons. The Morgan fingerprint density at radius 3 is 1.29 bits per heavy atom. The van der Waals surface area contributed by atoms with E-state index in [9.17, 15) is 61.2 Å². The number of nitrogens with zero attached hydrogens (tertiary/aromatic N) is 8. The van der Waals surface area contributed by atoms with Crippen LogP contribution in [-0.2, 0) is 53.6 Å². The summed E-state index contributed by atoms with van der Waals surface area (Å²) in [5.74, 6) is 1.45. The Hall–Kier alpha value is -6.45. The second-order valence-electron chi connectivity index (χ2n) is 31.4. The number of alkyl halides is 6. The van der Waals surface area contributed by atoms with E-state index in [1.54, 1.807) is 63.2 Å². The van der Waals surface area contributed by atoms with Crippen molar-refractivity contribution in [3.05, 3.63) is 99.1 Å². The van der Waals surface area contributed by atoms with Gasteiger partial charge >= 0.3 is 31.5 Å². The molecule has 0 unspecified atom stereocenters. The number of benzene rings is 2. The van der Waals surface area contributed by atoms with Crippen molar-refractivity contribution in [2.75, 3.05) is 140 Å². The minimum atomic E-state index is -4.25. The highest BCUT2D eigenvalue weighted by molar-refractivity contribution is 7.94. The molecule has 9 heterocycles. The Morgan fingerprint density at radius 1 is 0.522 bits per heavy atom. The van der Waals surface area contributed by atoms with Crippen molar-refractivity contribution < 1.29 is 84.7 Å². The summed E-state index contributed by atoms with van der Waals surface area (Å²) in [5, 5.41) is 12.0. The number of urea groups is 2. The number of hydrogen-bond donors (Lipinski definition) is 5. The predicted molar refractivity (Wildman–Crippen MR) is 430 cm³/mol. The van der Waals surface area contributed by atoms with Crippen LogP contribution in [0.5, 0.6) is 0 Å². The maximum absolute atomic E-state index is 13.0. The monoisotopic (exact) mass is 1710 g/mol. The van der Waals surface area contributed by atoms with Gasteiger partial charge in [-0.3, -0.25) is 9.44 Å². The van der Waals surface area contributed by atoms with Gasteiger partial charge in [0.25, 0.3) is 0 Å². The number of carbonyl (C=O) groups excluding carboxylic acids is 2. The standard InChI is InChI=1S/C27H34F3N5O4S.C20H28BF3N2O3.C13H18ClN3O3S.C9H10Cl2N2O.C4H9NO2S.CH4/c1-18-3-4-21(31-25(36)35-8-5-19(17-35)16-27(28,29)30)15-22(18)20-13-23(33-40(37,38)26(2)6-7-26)32-24(14-20)34-9-11-39-12-10-34;1-13-6-7-15(10-16(13)21-28-18(2,3)19(4,5)29-21)25-17(27)26-9-8-14(12-26)11-20(22,23)24;1-13(2-3-13)21(18,19)16-11-8-10(14)9-12(15-11)17-4-6-20-7-5-17;10-7-5-8(11)12-9(6-7)13-1-3-14-4-2-13;1-4(2-3-4)8(5,6)7;/h3-4,13-15,19H,5-12,16-17H2,1-2H3,(H,31,36)(H,32,33);6-7,10,14H,8-9,11-12H2,1-5H3,(H,25,27);8-9H,2-7H2,1H3,(H,15,16);5-6H,1-4H2;2-3H2,1H3,(H2,5,6,7);1H4/t19-;14-;;;;/m00..../s1. The van der Waals surface area contributed by atoms with E-state index in [-0.39, 0.29) is 38.7 Å². The first kappa shape index (κ1) is 90.5. The van der Waals surface area contributed by atoms with Gasteiger partial charge in [-0.25, -0.2) is 54.9 Å². The van der Waals surface area contributed by atoms with E-state index in [4.69, 9.17) is 63.5 Å². The minimum absolute atomic E-state index is 0. The van der Waals surface area contributed by atoms with E-state index in [0.29, 0.717) is 123 Å². The summed E-state index contributed by atoms with van der Waals surface area (Å²) in [4.78, 5) is 47.6. The zero-order valence-electron chi connectivity index (χ0n) is 64.1. The Balaban J connectivity index is 0.000000175. The van der Waals surface area contributed by atoms with Crippen molar-refractivity contribution in [2.24, 2.45) is 17.0 Å². The molecule has 3 aromatic heterocycles. The van der Waals surface area contributed by atoms with Gasteiger partial charge in [0.2, 0.25) is 30.1 Å². The third kappa shape index (κ3) is 24.6. The molecule has 3 aliphatic carbocycles. The topological polar surface area (TPSA) is 312 Å². The second-order valence-corrected chi connectivity index (χ2v) is 39.1. The van der Waals surface area contributed by atoms with E-state index in [1.165, 1.54) is 15.9 Å². The number of nitrogens with one attached hydrogen (secondary N) is 4. The summed E-state index contributed by atoms with van der Waals surface area (Å²) >= 11 is 17.8. The summed E-state index contributed by atoms with van der Waals surface area (Å²) in [6, 6.07) is 20.3. The van der Waals surface area contributed by atoms with Crippen LogP contribution in [0.15, 0.2) is 72.8 Å². The van der Waals surface area contributed by atoms with Crippen molar-refractivity contribution in [1.29, 1.82) is 0 Å². The van der Waals surface area contributed by atoms with E-state index < -0.39 is 112 Å². The maximum Gasteiger partial charge on any atom is 0.495 e. The number of rotatable bonds is 16. The molecule has 113 heavy (non-hydrogen) atoms. The molecule has 3 saturated carbocycles. The van der Waals surface area contributed by atoms with Crippen molar-refractivity contribution in [3.8, 4) is 11.1 Å². The Labute approximate surface area is 674 Å². The van der Waals surface area contributed by atoms with E-state index in [0.717, 1.165) is 85.8 Å². The molecule has 2 atom stereocenters. The number of carbonyl (C=O) groups is 2. The fourth-order valence-electron chi connectivity index (χ4n) is 12.8. The number of anilines is 7. The van der Waals surface area contributed by atoms with Gasteiger partial charge in [0, 0.05) is 106 Å². The van der Waals surface area contributed by atoms with Gasteiger partial charge in [-0.15, -0.1) is 0 Å². The minimum Gasteiger partial charge on any atom is -0.399 e. The van der Waals surface area contributed by atoms with Crippen molar-refractivity contribution in [2.45, 2.75) is 172 Å². The van der Waals surface area contributed by atoms with E-state index in [1.807, 2.05) is 75.6 Å². The van der Waals surface area contributed by atoms with Gasteiger partial charge in [0.05, 0.1) is 65.1 Å². The third-order valence-electron chi connectivity index (χ3n) is 21.7. The van der Waals surface area contributed by atoms with Gasteiger partial charge in [0.1, 0.15) is 34.2 Å². The summed E-state index contributed by atoms with van der Waals surface area (Å²) in [6.07, 6.45) is -5.54. The highest BCUT2D eigenvalue weighted by Gasteiger charge is 2.54. The zero-order valence-corrected chi connectivity index (χ0v) is 68.9. The van der Waals surface area contributed by atoms with Gasteiger partial charge in [0.15, 0.2) is 0 Å². The van der Waals surface area contributed by atoms with Crippen molar-refractivity contribution in [3.63, 3.8) is 0 Å². The molecule has 626 valence electrons. The van der Waals surface area contributed by atoms with Crippen LogP contribution in [0, 0.1) is 25.7 Å². The molecule has 26 nitrogen and oxygen atoms in total. The second kappa shape index (κ2) is 36.2. The normalized spacial score (nSPS) is 21.3. The molecule has 0 bridgehead atoms. The van der Waals surface area contributed by atoms with Gasteiger partial charge in [-0.2, -0.15) is 26.3 Å². The summed E-state index contributed by atoms with van der Waals surface area (Å²) in [7, 11) is -10.8. The van der Waals surface area contributed by atoms with Crippen molar-refractivity contribution in [1.82, 2.24) is 24.8 Å². The third-order valence-corrected chi connectivity index (χ3v) is 28.5. The first-order valence-electron chi connectivity index (χ1n) is 37.1. The highest BCUT2D eigenvalue weighted by Crippen LogP contribution is 2.46. The molecule has 4 amide bonds. The first-order chi connectivity index (χ1) is 52.2. The number of morpholine rings is 3. The number of pyridine rings is 3. The van der Waals surface area contributed by atoms with Gasteiger partial charge < -0.3 is 58.7 Å². The number of aryl methyl sites for hydroxylation is 2. The fourth-order valence-corrected chi connectivity index (χ4v) is 16.7. The molecule has 6 saturated heterocycles. The molecule has 0 spiro atoms. The summed E-state index contributed by atoms with van der Waals surface area (Å²) in [6.45, 7) is 25.7. The number of aromatic nitrogens is 3. The molecule has 9 aliphatic rings. The maximum atomic E-state index is 13.0. The van der Waals surface area contributed by atoms with Crippen LogP contribution in [0.25, 0.3) is 11.1 Å². The molecular weight excluding hydrogens is 1610 g/mol. The van der Waals surface area contributed by atoms with Crippen LogP contribution >= 0.6 is 34.8 Å². The fraction of sp³-hybridized carbons (Fsp3) is 0.608. The van der Waals surface area contributed by atoms with Crippen LogP contribution in [0.3, 0.4) is 0 Å². The number of hydrogen-bond acceptors (Lipinski definition) is 19. The molecule has 6 aliphatic heterocycles. The Bertz CT molecular complexity index is 4500. The van der Waals surface area contributed by atoms with E-state index in [2.05, 4.69) is 39.9 Å². The lowest BCUT2D eigenvalue weighted by atomic mass is 9.76. The van der Waals surface area contributed by atoms with Crippen LogP contribution in [-0.4, -0.2) is 212 Å². The summed E-state index contributed by atoms with van der Waals surface area (Å²) in [5.41, 5.74) is 4.25. The smallest absolute Gasteiger partial charge is 0.399 e. The largest absolute Gasteiger partial charge is 0.495 e. The molecule has 5 aromatic rings. The first-order valence-corrected chi connectivity index (χ1v) is 42.8. The lowest BCUT2D eigenvalue weighted by Gasteiger charge is -2.32. The lowest BCUT2D eigenvalue weighted by molar-refractivity contribution is -0.144. The SMILES string of the molecule is C.CC1(S(=O)(=O)Nc2cc(Cl)cc(N3CCOCC3)n2)CC1.CC1(S(N)(=O)=O)CC1.Cc1ccc(NC(=O)N2CC[C@@H](CC(F)(F)F)C2)cc1-c1cc(NS(=O)(=O)C2(C)CC2)nc(N2CCOCC2)c1.Cc1ccc(NC(=O)N2CC[C@@H](CC(F)(F)F)C2)cc1B1OC(C)(C)C(C)(C)O1.Clc1cc(Cl)nc(N2CCOCC2)c1. The number of halogens is 9. The predicted octanol–water partition coefficient (Wildman–Crippen LogP) is 13.6. The number of sulfonamides is 3. The number of nitrogens with two attached hydrogens (primary N) is 1. The number of amides is 4. The highest BCUT2D eigenvalue weighted by atomic mass is 35.5. The number of primary sulfonamides is 1. The molecule has 2 aromatic carbocycles. The number of likely N-dealkylation sites (tertiary alicyclic amines) is 2. The quantitative estimate of drug-likeness (QED) is 0.0348. The number of ether oxygens (including phenoxy) is 3. The summed E-state index contributed by atoms with van der Waals surface area (Å²) < 4.78 is 179. The molecule has 14 rings (SSSR count). The van der Waals surface area contributed by atoms with E-state index >= 15 is 0 Å². The van der Waals surface area contributed by atoms with Gasteiger partial charge in [-0.05, 0) is 202 Å². The Morgan fingerprint density at radius 2 is 0.903 bits per heavy atom. The van der Waals surface area contributed by atoms with Crippen LogP contribution in [0.1, 0.15) is 131 Å². The van der Waals surface area contributed by atoms with Gasteiger partial charge in [-0.1, -0.05) is 59.9 Å². The lowest BCUT2D eigenvalue weighted by Crippen LogP contribution is -2.41. The molecule has 6 N–H and O–H groups in total. The molecule has 9 fully saturated rings. The van der Waals surface area contributed by atoms with Crippen LogP contribution in [0.2, 0.25) is 15.2 Å². The van der Waals surface area contributed by atoms with Crippen molar-refractivity contribution >= 4 is 130 Å². The average molecular weight is 1710 g/mol. The molecule has 39 heteroatoms. The molecular formula is C74H103BCl3F6N13O13S3. The van der Waals surface area contributed by atoms with Crippen LogP contribution in [0.4, 0.5) is 76.4 Å². The average Bonchev–Trinajstić information content (AvgIpc) is 1.69. The van der Waals surface area contributed by atoms with Crippen LogP contribution < -0.4 is 45.4 Å². The Kier molecular flexibility index (Phi) is 29.0.